The van der Waals surface area contributed by atoms with Crippen molar-refractivity contribution in [1.29, 1.82) is 0 Å². The van der Waals surface area contributed by atoms with E-state index in [1.807, 2.05) is 0 Å². The number of nitrogens with zero attached hydrogens (tertiary/aromatic N) is 3. The first-order chi connectivity index (χ1) is 10.4. The Hall–Kier alpha value is -1.12. The molecule has 2 heterocycles. The zero-order valence-electron chi connectivity index (χ0n) is 12.4. The Morgan fingerprint density at radius 2 is 2.00 bits per heavy atom. The standard InChI is InChI=1S/C13H17ClN4O2S2/c1-8-11(12(14)18(2)16-8)22(19,20)17-13-15-9-6-4-3-5-7-10(9)21-13/h3-7H2,1-2H3,(H,15,17). The fourth-order valence-corrected chi connectivity index (χ4v) is 5.69. The minimum atomic E-state index is -3.78. The normalized spacial score (nSPS) is 15.4. The van der Waals surface area contributed by atoms with Crippen LogP contribution in [0.5, 0.6) is 0 Å². The Morgan fingerprint density at radius 3 is 2.68 bits per heavy atom. The summed E-state index contributed by atoms with van der Waals surface area (Å²) in [6.07, 6.45) is 5.33. The van der Waals surface area contributed by atoms with E-state index in [1.165, 1.54) is 27.3 Å². The molecule has 0 spiro atoms. The number of hydrogen-bond acceptors (Lipinski definition) is 5. The molecule has 1 N–H and O–H groups in total. The van der Waals surface area contributed by atoms with Gasteiger partial charge in [0.05, 0.1) is 11.4 Å². The summed E-state index contributed by atoms with van der Waals surface area (Å²) in [5, 5.41) is 4.55. The Labute approximate surface area is 138 Å². The van der Waals surface area contributed by atoms with Crippen LogP contribution in [0, 0.1) is 6.92 Å². The van der Waals surface area contributed by atoms with Crippen LogP contribution >= 0.6 is 22.9 Å². The molecule has 0 saturated carbocycles. The van der Waals surface area contributed by atoms with Crippen LogP contribution in [0.3, 0.4) is 0 Å². The van der Waals surface area contributed by atoms with Crippen LogP contribution < -0.4 is 4.72 Å². The summed E-state index contributed by atoms with van der Waals surface area (Å²) in [5.74, 6) is 0. The predicted molar refractivity (Wildman–Crippen MR) is 87.1 cm³/mol. The predicted octanol–water partition coefficient (Wildman–Crippen LogP) is 2.91. The molecule has 0 aliphatic heterocycles. The quantitative estimate of drug-likeness (QED) is 0.854. The fourth-order valence-electron chi connectivity index (χ4n) is 2.65. The molecule has 3 rings (SSSR count). The molecule has 0 amide bonds. The average molecular weight is 361 g/mol. The molecule has 0 unspecified atom stereocenters. The van der Waals surface area contributed by atoms with Gasteiger partial charge in [0.25, 0.3) is 10.0 Å². The number of fused-ring (bicyclic) bond motifs is 1. The molecule has 0 bridgehead atoms. The van der Waals surface area contributed by atoms with Crippen LogP contribution in [0.15, 0.2) is 4.90 Å². The van der Waals surface area contributed by atoms with Gasteiger partial charge in [0, 0.05) is 11.9 Å². The second kappa shape index (κ2) is 5.82. The number of aromatic nitrogens is 3. The fraction of sp³-hybridized carbons (Fsp3) is 0.538. The molecule has 9 heteroatoms. The van der Waals surface area contributed by atoms with Gasteiger partial charge in [0.15, 0.2) is 5.13 Å². The van der Waals surface area contributed by atoms with E-state index in [9.17, 15) is 8.42 Å². The lowest BCUT2D eigenvalue weighted by Gasteiger charge is -2.04. The highest BCUT2D eigenvalue weighted by Crippen LogP contribution is 2.32. The molecular formula is C13H17ClN4O2S2. The van der Waals surface area contributed by atoms with Crippen molar-refractivity contribution in [2.75, 3.05) is 4.72 Å². The highest BCUT2D eigenvalue weighted by atomic mass is 35.5. The summed E-state index contributed by atoms with van der Waals surface area (Å²) in [6.45, 7) is 1.62. The zero-order chi connectivity index (χ0) is 15.9. The van der Waals surface area contributed by atoms with Gasteiger partial charge in [0.1, 0.15) is 10.0 Å². The van der Waals surface area contributed by atoms with Gasteiger partial charge in [-0.15, -0.1) is 11.3 Å². The molecule has 0 radical (unpaired) electrons. The summed E-state index contributed by atoms with van der Waals surface area (Å²) in [4.78, 5) is 5.65. The van der Waals surface area contributed by atoms with Crippen molar-refractivity contribution in [3.05, 3.63) is 21.4 Å². The van der Waals surface area contributed by atoms with E-state index < -0.39 is 10.0 Å². The van der Waals surface area contributed by atoms with Crippen molar-refractivity contribution in [1.82, 2.24) is 14.8 Å². The van der Waals surface area contributed by atoms with Crippen molar-refractivity contribution in [2.45, 2.75) is 43.9 Å². The molecular weight excluding hydrogens is 344 g/mol. The summed E-state index contributed by atoms with van der Waals surface area (Å²) in [6, 6.07) is 0. The van der Waals surface area contributed by atoms with E-state index in [2.05, 4.69) is 14.8 Å². The Bertz CT molecular complexity index is 787. The molecule has 0 fully saturated rings. The molecule has 2 aromatic heterocycles. The number of hydrogen-bond donors (Lipinski definition) is 1. The average Bonchev–Trinajstić information content (AvgIpc) is 2.81. The summed E-state index contributed by atoms with van der Waals surface area (Å²) < 4.78 is 29.0. The van der Waals surface area contributed by atoms with E-state index in [1.54, 1.807) is 14.0 Å². The van der Waals surface area contributed by atoms with Gasteiger partial charge in [-0.2, -0.15) is 5.10 Å². The minimum Gasteiger partial charge on any atom is -0.255 e. The maximum absolute atomic E-state index is 12.6. The molecule has 6 nitrogen and oxygen atoms in total. The molecule has 0 saturated heterocycles. The number of thiazole rings is 1. The second-order valence-corrected chi connectivity index (χ2v) is 8.44. The zero-order valence-corrected chi connectivity index (χ0v) is 14.8. The number of sulfonamides is 1. The number of anilines is 1. The van der Waals surface area contributed by atoms with Crippen LogP contribution in [0.2, 0.25) is 5.15 Å². The van der Waals surface area contributed by atoms with Crippen LogP contribution in [0.25, 0.3) is 0 Å². The highest BCUT2D eigenvalue weighted by Gasteiger charge is 2.27. The lowest BCUT2D eigenvalue weighted by molar-refractivity contribution is 0.600. The number of nitrogens with one attached hydrogen (secondary N) is 1. The van der Waals surface area contributed by atoms with Gasteiger partial charge in [-0.1, -0.05) is 18.0 Å². The minimum absolute atomic E-state index is 0.0158. The Balaban J connectivity index is 1.92. The van der Waals surface area contributed by atoms with E-state index in [-0.39, 0.29) is 10.0 Å². The summed E-state index contributed by atoms with van der Waals surface area (Å²) >= 11 is 7.47. The Morgan fingerprint density at radius 1 is 1.27 bits per heavy atom. The van der Waals surface area contributed by atoms with Gasteiger partial charge in [-0.05, 0) is 32.6 Å². The number of rotatable bonds is 3. The molecule has 1 aliphatic carbocycles. The van der Waals surface area contributed by atoms with Crippen molar-refractivity contribution in [2.24, 2.45) is 7.05 Å². The molecule has 22 heavy (non-hydrogen) atoms. The third-order valence-electron chi connectivity index (χ3n) is 3.69. The molecule has 0 aromatic carbocycles. The molecule has 0 atom stereocenters. The maximum Gasteiger partial charge on any atom is 0.268 e. The largest absolute Gasteiger partial charge is 0.268 e. The van der Waals surface area contributed by atoms with Gasteiger partial charge in [-0.3, -0.25) is 9.40 Å². The van der Waals surface area contributed by atoms with Crippen molar-refractivity contribution in [3.63, 3.8) is 0 Å². The van der Waals surface area contributed by atoms with E-state index in [0.29, 0.717) is 10.8 Å². The van der Waals surface area contributed by atoms with Crippen molar-refractivity contribution >= 4 is 38.1 Å². The lowest BCUT2D eigenvalue weighted by Crippen LogP contribution is -2.14. The third kappa shape index (κ3) is 2.87. The van der Waals surface area contributed by atoms with E-state index >= 15 is 0 Å². The highest BCUT2D eigenvalue weighted by molar-refractivity contribution is 7.93. The van der Waals surface area contributed by atoms with Crippen LogP contribution in [-0.4, -0.2) is 23.2 Å². The van der Waals surface area contributed by atoms with E-state index in [4.69, 9.17) is 11.6 Å². The summed E-state index contributed by atoms with van der Waals surface area (Å²) in [7, 11) is -2.17. The molecule has 1 aliphatic rings. The monoisotopic (exact) mass is 360 g/mol. The third-order valence-corrected chi connectivity index (χ3v) is 6.92. The van der Waals surface area contributed by atoms with E-state index in [0.717, 1.165) is 31.4 Å². The first-order valence-corrected chi connectivity index (χ1v) is 9.77. The number of aryl methyl sites for hydroxylation is 4. The van der Waals surface area contributed by atoms with Crippen LogP contribution in [0.1, 0.15) is 35.5 Å². The van der Waals surface area contributed by atoms with Gasteiger partial charge in [-0.25, -0.2) is 13.4 Å². The van der Waals surface area contributed by atoms with Crippen molar-refractivity contribution in [3.8, 4) is 0 Å². The maximum atomic E-state index is 12.6. The first kappa shape index (κ1) is 15.8. The van der Waals surface area contributed by atoms with Gasteiger partial charge >= 0.3 is 0 Å². The molecule has 2 aromatic rings. The SMILES string of the molecule is Cc1nn(C)c(Cl)c1S(=O)(=O)Nc1nc2c(s1)CCCCC2. The van der Waals surface area contributed by atoms with Gasteiger partial charge in [0.2, 0.25) is 0 Å². The van der Waals surface area contributed by atoms with Crippen molar-refractivity contribution < 1.29 is 8.42 Å². The smallest absolute Gasteiger partial charge is 0.255 e. The lowest BCUT2D eigenvalue weighted by atomic mass is 10.2. The second-order valence-electron chi connectivity index (χ2n) is 5.38. The van der Waals surface area contributed by atoms with Gasteiger partial charge < -0.3 is 0 Å². The molecule has 120 valence electrons. The summed E-state index contributed by atoms with van der Waals surface area (Å²) in [5.41, 5.74) is 1.40. The Kier molecular flexibility index (Phi) is 4.17. The first-order valence-electron chi connectivity index (χ1n) is 7.09. The number of halogens is 1. The topological polar surface area (TPSA) is 76.9 Å². The van der Waals surface area contributed by atoms with Crippen LogP contribution in [-0.2, 0) is 29.9 Å². The van der Waals surface area contributed by atoms with Crippen LogP contribution in [0.4, 0.5) is 5.13 Å².